The topological polar surface area (TPSA) is 60.7 Å². The maximum atomic E-state index is 12.6. The second-order valence-corrected chi connectivity index (χ2v) is 7.69. The summed E-state index contributed by atoms with van der Waals surface area (Å²) < 4.78 is 17.1. The average molecular weight is 422 g/mol. The van der Waals surface area contributed by atoms with Gasteiger partial charge in [-0.3, -0.25) is 4.79 Å². The molecule has 5 nitrogen and oxygen atoms in total. The number of allylic oxidation sites excluding steroid dienone is 1. The van der Waals surface area contributed by atoms with E-state index in [1.807, 2.05) is 52.0 Å². The van der Waals surface area contributed by atoms with Crippen molar-refractivity contribution in [2.24, 2.45) is 0 Å². The monoisotopic (exact) mass is 421 g/mol. The van der Waals surface area contributed by atoms with Gasteiger partial charge in [-0.25, -0.2) is 0 Å². The third kappa shape index (κ3) is 4.93. The first-order chi connectivity index (χ1) is 14.8. The maximum absolute atomic E-state index is 12.6. The molecule has 0 fully saturated rings. The molecule has 0 aliphatic heterocycles. The largest absolute Gasteiger partial charge is 0.497 e. The normalized spacial score (nSPS) is 11.6. The first kappa shape index (κ1) is 22.5. The Bertz CT molecular complexity index is 1120. The lowest BCUT2D eigenvalue weighted by Crippen LogP contribution is -2.23. The number of aryl methyl sites for hydroxylation is 3. The fourth-order valence-corrected chi connectivity index (χ4v) is 3.72. The fourth-order valence-electron chi connectivity index (χ4n) is 3.72. The Hall–Kier alpha value is -3.21. The zero-order valence-corrected chi connectivity index (χ0v) is 19.2. The number of nitrogens with one attached hydrogen (secondary N) is 1. The summed E-state index contributed by atoms with van der Waals surface area (Å²) in [5, 5.41) is 4.03. The molecule has 0 saturated carbocycles. The number of ether oxygens (including phenoxy) is 2. The van der Waals surface area contributed by atoms with Crippen LogP contribution in [0, 0.1) is 20.8 Å². The van der Waals surface area contributed by atoms with Gasteiger partial charge in [0.25, 0.3) is 0 Å². The van der Waals surface area contributed by atoms with E-state index < -0.39 is 0 Å². The van der Waals surface area contributed by atoms with Crippen LogP contribution in [0.15, 0.2) is 40.8 Å². The van der Waals surface area contributed by atoms with Gasteiger partial charge in [-0.15, -0.1) is 0 Å². The lowest BCUT2D eigenvalue weighted by Gasteiger charge is -2.14. The zero-order valence-electron chi connectivity index (χ0n) is 19.2. The van der Waals surface area contributed by atoms with E-state index >= 15 is 0 Å². The third-order valence-electron chi connectivity index (χ3n) is 5.55. The van der Waals surface area contributed by atoms with E-state index in [1.54, 1.807) is 13.2 Å². The molecule has 1 aromatic heterocycles. The first-order valence-electron chi connectivity index (χ1n) is 10.6. The molecule has 3 rings (SSSR count). The number of rotatable bonds is 8. The van der Waals surface area contributed by atoms with Crippen molar-refractivity contribution in [3.63, 3.8) is 0 Å². The molecule has 0 aliphatic rings. The van der Waals surface area contributed by atoms with Gasteiger partial charge in [0.05, 0.1) is 13.7 Å². The van der Waals surface area contributed by atoms with Crippen LogP contribution in [-0.2, 0) is 11.2 Å². The van der Waals surface area contributed by atoms with Crippen molar-refractivity contribution in [2.45, 2.75) is 41.0 Å². The smallest absolute Gasteiger partial charge is 0.244 e. The van der Waals surface area contributed by atoms with Crippen molar-refractivity contribution in [1.82, 2.24) is 5.32 Å². The Morgan fingerprint density at radius 1 is 1.16 bits per heavy atom. The molecular weight excluding hydrogens is 390 g/mol. The molecule has 5 heteroatoms. The van der Waals surface area contributed by atoms with Crippen LogP contribution < -0.4 is 14.8 Å². The molecule has 0 aliphatic carbocycles. The van der Waals surface area contributed by atoms with E-state index in [4.69, 9.17) is 13.9 Å². The molecular formula is C26H31NO4. The number of carbonyl (C=O) groups excluding carboxylic acids is 1. The highest BCUT2D eigenvalue weighted by Gasteiger charge is 2.18. The number of carbonyl (C=O) groups is 1. The van der Waals surface area contributed by atoms with Crippen molar-refractivity contribution < 1.29 is 18.7 Å². The van der Waals surface area contributed by atoms with Crippen LogP contribution in [-0.4, -0.2) is 26.2 Å². The highest BCUT2D eigenvalue weighted by molar-refractivity contribution is 5.98. The molecule has 31 heavy (non-hydrogen) atoms. The lowest BCUT2D eigenvalue weighted by molar-refractivity contribution is -0.116. The van der Waals surface area contributed by atoms with Crippen LogP contribution in [0.25, 0.3) is 16.5 Å². The van der Waals surface area contributed by atoms with Crippen LogP contribution in [0.2, 0.25) is 0 Å². The van der Waals surface area contributed by atoms with E-state index in [-0.39, 0.29) is 5.91 Å². The minimum absolute atomic E-state index is 0.124. The quantitative estimate of drug-likeness (QED) is 0.486. The molecule has 0 spiro atoms. The molecule has 0 atom stereocenters. The molecule has 3 aromatic rings. The van der Waals surface area contributed by atoms with E-state index in [1.165, 1.54) is 0 Å². The van der Waals surface area contributed by atoms with Gasteiger partial charge in [0.15, 0.2) is 0 Å². The minimum Gasteiger partial charge on any atom is -0.497 e. The van der Waals surface area contributed by atoms with E-state index in [0.29, 0.717) is 13.2 Å². The summed E-state index contributed by atoms with van der Waals surface area (Å²) in [7, 11) is 1.65. The molecule has 164 valence electrons. The standard InChI is InChI=1S/C26H31NO4/c1-7-30-25-18(4)26-23(17(3)19(5)31-26)15-22(25)16(2)13-24(28)27-12-11-20-9-8-10-21(14-20)29-6/h8-10,13-15H,7,11-12H2,1-6H3,(H,27,28)/b16-13+. The first-order valence-corrected chi connectivity index (χ1v) is 10.6. The van der Waals surface area contributed by atoms with Crippen molar-refractivity contribution in [3.05, 3.63) is 64.4 Å². The Labute approximate surface area is 184 Å². The van der Waals surface area contributed by atoms with Gasteiger partial charge < -0.3 is 19.2 Å². The molecule has 0 saturated heterocycles. The molecule has 1 amide bonds. The van der Waals surface area contributed by atoms with Crippen LogP contribution in [0.3, 0.4) is 0 Å². The molecule has 1 heterocycles. The SMILES string of the molecule is CCOc1c(/C(C)=C/C(=O)NCCc2cccc(OC)c2)cc2c(C)c(C)oc2c1C. The van der Waals surface area contributed by atoms with Gasteiger partial charge in [-0.1, -0.05) is 12.1 Å². The minimum atomic E-state index is -0.124. The van der Waals surface area contributed by atoms with Gasteiger partial charge in [-0.2, -0.15) is 0 Å². The second-order valence-electron chi connectivity index (χ2n) is 7.69. The van der Waals surface area contributed by atoms with Crippen LogP contribution in [0.1, 0.15) is 41.9 Å². The number of hydrogen-bond donors (Lipinski definition) is 1. The predicted molar refractivity (Wildman–Crippen MR) is 125 cm³/mol. The number of amides is 1. The maximum Gasteiger partial charge on any atom is 0.244 e. The average Bonchev–Trinajstić information content (AvgIpc) is 3.04. The fraction of sp³-hybridized carbons (Fsp3) is 0.346. The Morgan fingerprint density at radius 2 is 1.94 bits per heavy atom. The second kappa shape index (κ2) is 9.73. The van der Waals surface area contributed by atoms with Gasteiger partial charge in [0, 0.05) is 29.1 Å². The van der Waals surface area contributed by atoms with Crippen molar-refractivity contribution in [2.75, 3.05) is 20.3 Å². The van der Waals surface area contributed by atoms with E-state index in [2.05, 4.69) is 18.3 Å². The van der Waals surface area contributed by atoms with Gasteiger partial charge in [-0.05, 0) is 75.9 Å². The van der Waals surface area contributed by atoms with Crippen molar-refractivity contribution >= 4 is 22.4 Å². The van der Waals surface area contributed by atoms with Gasteiger partial charge in [0.2, 0.25) is 5.91 Å². The summed E-state index contributed by atoms with van der Waals surface area (Å²) in [5.41, 5.74) is 5.79. The van der Waals surface area contributed by atoms with Crippen LogP contribution in [0.5, 0.6) is 11.5 Å². The molecule has 2 aromatic carbocycles. The van der Waals surface area contributed by atoms with Gasteiger partial charge in [0.1, 0.15) is 22.8 Å². The summed E-state index contributed by atoms with van der Waals surface area (Å²) in [4.78, 5) is 12.6. The number of methoxy groups -OCH3 is 1. The summed E-state index contributed by atoms with van der Waals surface area (Å²) in [6.45, 7) is 11.0. The summed E-state index contributed by atoms with van der Waals surface area (Å²) in [6, 6.07) is 9.93. The number of furan rings is 1. The zero-order chi connectivity index (χ0) is 22.5. The Balaban J connectivity index is 1.80. The van der Waals surface area contributed by atoms with Crippen LogP contribution >= 0.6 is 0 Å². The number of benzene rings is 2. The molecule has 0 unspecified atom stereocenters. The molecule has 0 bridgehead atoms. The summed E-state index contributed by atoms with van der Waals surface area (Å²) in [6.07, 6.45) is 2.37. The summed E-state index contributed by atoms with van der Waals surface area (Å²) >= 11 is 0. The number of hydrogen-bond acceptors (Lipinski definition) is 4. The van der Waals surface area contributed by atoms with Crippen LogP contribution in [0.4, 0.5) is 0 Å². The Kier molecular flexibility index (Phi) is 7.06. The summed E-state index contributed by atoms with van der Waals surface area (Å²) in [5.74, 6) is 2.36. The van der Waals surface area contributed by atoms with Crippen molar-refractivity contribution in [1.29, 1.82) is 0 Å². The number of fused-ring (bicyclic) bond motifs is 1. The lowest BCUT2D eigenvalue weighted by atomic mass is 9.98. The van der Waals surface area contributed by atoms with E-state index in [0.717, 1.165) is 62.5 Å². The van der Waals surface area contributed by atoms with Gasteiger partial charge >= 0.3 is 0 Å². The third-order valence-corrected chi connectivity index (χ3v) is 5.55. The molecule has 1 N–H and O–H groups in total. The van der Waals surface area contributed by atoms with Crippen molar-refractivity contribution in [3.8, 4) is 11.5 Å². The van der Waals surface area contributed by atoms with E-state index in [9.17, 15) is 4.79 Å². The highest BCUT2D eigenvalue weighted by Crippen LogP contribution is 2.38. The molecule has 0 radical (unpaired) electrons. The Morgan fingerprint density at radius 3 is 2.65 bits per heavy atom. The highest BCUT2D eigenvalue weighted by atomic mass is 16.5. The predicted octanol–water partition coefficient (Wildman–Crippen LogP) is 5.53.